The Morgan fingerprint density at radius 3 is 2.48 bits per heavy atom. The van der Waals surface area contributed by atoms with Crippen molar-refractivity contribution in [2.24, 2.45) is 0 Å². The largest absolute Gasteiger partial charge is 0.313 e. The monoisotopic (exact) mass is 405 g/mol. The molecule has 0 bridgehead atoms. The van der Waals surface area contributed by atoms with E-state index in [1.807, 2.05) is 30.3 Å². The summed E-state index contributed by atoms with van der Waals surface area (Å²) in [6.45, 7) is 8.68. The van der Waals surface area contributed by atoms with Gasteiger partial charge in [-0.25, -0.2) is 0 Å². The summed E-state index contributed by atoms with van der Waals surface area (Å²) in [7, 11) is 0. The second-order valence-electron chi connectivity index (χ2n) is 7.73. The van der Waals surface area contributed by atoms with Crippen molar-refractivity contribution in [2.45, 2.75) is 45.3 Å². The molecule has 0 aromatic heterocycles. The number of thioether (sulfide) groups is 1. The van der Waals surface area contributed by atoms with Gasteiger partial charge in [-0.3, -0.25) is 4.79 Å². The molecular weight excluding hydrogens is 374 g/mol. The molecule has 152 valence electrons. The molecule has 3 heteroatoms. The zero-order chi connectivity index (χ0) is 20.6. The van der Waals surface area contributed by atoms with Crippen LogP contribution in [0.4, 0.5) is 0 Å². The van der Waals surface area contributed by atoms with E-state index in [-0.39, 0.29) is 11.0 Å². The molecule has 0 aliphatic carbocycles. The molecule has 0 saturated carbocycles. The Hall–Kier alpha value is -2.10. The lowest BCUT2D eigenvalue weighted by Gasteiger charge is -2.26. The smallest absolute Gasteiger partial charge is 0.199 e. The fraction of sp³-hybridized carbons (Fsp3) is 0.346. The van der Waals surface area contributed by atoms with Crippen LogP contribution in [-0.4, -0.2) is 18.9 Å². The lowest BCUT2D eigenvalue weighted by molar-refractivity contribution is 0.104. The van der Waals surface area contributed by atoms with Crippen molar-refractivity contribution in [3.05, 3.63) is 87.3 Å². The molecule has 0 spiro atoms. The molecule has 29 heavy (non-hydrogen) atoms. The molecule has 1 atom stereocenters. The third kappa shape index (κ3) is 5.71. The number of rotatable bonds is 9. The van der Waals surface area contributed by atoms with Crippen LogP contribution in [0.1, 0.15) is 66.8 Å². The zero-order valence-corrected chi connectivity index (χ0v) is 18.5. The molecule has 1 N–H and O–H groups in total. The third-order valence-electron chi connectivity index (χ3n) is 5.48. The first kappa shape index (κ1) is 21.6. The van der Waals surface area contributed by atoms with Gasteiger partial charge in [0.25, 0.3) is 0 Å². The number of ketones is 1. The summed E-state index contributed by atoms with van der Waals surface area (Å²) in [5, 5.41) is 3.81. The van der Waals surface area contributed by atoms with E-state index in [1.165, 1.54) is 35.1 Å². The summed E-state index contributed by atoms with van der Waals surface area (Å²) in [5.41, 5.74) is 6.07. The van der Waals surface area contributed by atoms with Crippen LogP contribution in [0.3, 0.4) is 0 Å². The van der Waals surface area contributed by atoms with Gasteiger partial charge in [0.05, 0.1) is 4.91 Å². The number of hydrogen-bond donors (Lipinski definition) is 1. The van der Waals surface area contributed by atoms with E-state index in [4.69, 9.17) is 0 Å². The predicted molar refractivity (Wildman–Crippen MR) is 126 cm³/mol. The minimum absolute atomic E-state index is 0.120. The number of carbonyl (C=O) groups excluding carboxylic acids is 1. The third-order valence-corrected chi connectivity index (χ3v) is 6.74. The Labute approximate surface area is 179 Å². The molecule has 0 saturated heterocycles. The first-order valence-electron chi connectivity index (χ1n) is 10.5. The molecule has 2 aromatic rings. The molecule has 1 heterocycles. The van der Waals surface area contributed by atoms with Gasteiger partial charge in [-0.05, 0) is 50.4 Å². The second kappa shape index (κ2) is 10.6. The van der Waals surface area contributed by atoms with Gasteiger partial charge < -0.3 is 5.32 Å². The predicted octanol–water partition coefficient (Wildman–Crippen LogP) is 6.81. The van der Waals surface area contributed by atoms with E-state index >= 15 is 0 Å². The highest BCUT2D eigenvalue weighted by Crippen LogP contribution is 2.46. The van der Waals surface area contributed by atoms with Crippen molar-refractivity contribution in [1.82, 2.24) is 5.32 Å². The Balaban J connectivity index is 1.79. The molecule has 1 aliphatic heterocycles. The van der Waals surface area contributed by atoms with Crippen LogP contribution in [0.2, 0.25) is 0 Å². The Kier molecular flexibility index (Phi) is 7.91. The first-order valence-corrected chi connectivity index (χ1v) is 11.4. The molecule has 2 nitrogen and oxygen atoms in total. The molecule has 1 aliphatic rings. The lowest BCUT2D eigenvalue weighted by Crippen LogP contribution is -2.18. The summed E-state index contributed by atoms with van der Waals surface area (Å²) in [4.78, 5) is 13.9. The Bertz CT molecular complexity index is 898. The summed E-state index contributed by atoms with van der Waals surface area (Å²) in [6, 6.07) is 18.1. The van der Waals surface area contributed by atoms with Crippen LogP contribution in [0.25, 0.3) is 6.08 Å². The maximum atomic E-state index is 13.1. The first-order chi connectivity index (χ1) is 14.1. The van der Waals surface area contributed by atoms with E-state index in [0.29, 0.717) is 0 Å². The minimum atomic E-state index is 0.120. The molecule has 2 aromatic carbocycles. The van der Waals surface area contributed by atoms with Gasteiger partial charge in [0.1, 0.15) is 0 Å². The summed E-state index contributed by atoms with van der Waals surface area (Å²) < 4.78 is 0. The van der Waals surface area contributed by atoms with Gasteiger partial charge in [0, 0.05) is 17.4 Å². The second-order valence-corrected chi connectivity index (χ2v) is 8.98. The number of carbonyl (C=O) groups is 1. The maximum absolute atomic E-state index is 13.1. The zero-order valence-electron chi connectivity index (χ0n) is 17.7. The van der Waals surface area contributed by atoms with E-state index < -0.39 is 0 Å². The quantitative estimate of drug-likeness (QED) is 0.282. The summed E-state index contributed by atoms with van der Waals surface area (Å²) in [5.74, 6) is 0.120. The van der Waals surface area contributed by atoms with Crippen molar-refractivity contribution < 1.29 is 4.79 Å². The van der Waals surface area contributed by atoms with Crippen molar-refractivity contribution in [1.29, 1.82) is 0 Å². The van der Waals surface area contributed by atoms with Crippen LogP contribution < -0.4 is 5.32 Å². The standard InChI is InChI=1S/C26H31NOS/c1-4-5-15-27-18-20(3)19(2)16-24-23-14-10-9-13-22(23)17-25(29-24)26(28)21-11-7-6-8-12-21/h6-14,17,24,27H,4-5,15-16,18H2,1-3H3/b20-19-. The SMILES string of the molecule is CCCCNC/C(C)=C(/C)CC1SC(C(=O)c2ccccc2)=Cc2ccccc21. The van der Waals surface area contributed by atoms with E-state index in [2.05, 4.69) is 56.4 Å². The molecule has 0 amide bonds. The Morgan fingerprint density at radius 2 is 1.72 bits per heavy atom. The van der Waals surface area contributed by atoms with Crippen molar-refractivity contribution >= 4 is 23.6 Å². The fourth-order valence-electron chi connectivity index (χ4n) is 3.51. The van der Waals surface area contributed by atoms with Crippen LogP contribution >= 0.6 is 11.8 Å². The maximum Gasteiger partial charge on any atom is 0.199 e. The average Bonchev–Trinajstić information content (AvgIpc) is 2.76. The van der Waals surface area contributed by atoms with Gasteiger partial charge in [0.2, 0.25) is 0 Å². The van der Waals surface area contributed by atoms with Crippen LogP contribution in [-0.2, 0) is 0 Å². The average molecular weight is 406 g/mol. The number of benzene rings is 2. The normalized spacial score (nSPS) is 16.7. The highest BCUT2D eigenvalue weighted by molar-refractivity contribution is 8.04. The highest BCUT2D eigenvalue weighted by atomic mass is 32.2. The molecule has 0 radical (unpaired) electrons. The summed E-state index contributed by atoms with van der Waals surface area (Å²) >= 11 is 1.71. The number of Topliss-reactive ketones (excluding diaryl/α,β-unsaturated/α-hetero) is 1. The number of nitrogens with one attached hydrogen (secondary N) is 1. The number of allylic oxidation sites excluding steroid dienone is 2. The van der Waals surface area contributed by atoms with Gasteiger partial charge >= 0.3 is 0 Å². The molecular formula is C26H31NOS. The number of unbranched alkanes of at least 4 members (excludes halogenated alkanes) is 1. The van der Waals surface area contributed by atoms with E-state index in [0.717, 1.165) is 30.0 Å². The van der Waals surface area contributed by atoms with Crippen LogP contribution in [0, 0.1) is 0 Å². The van der Waals surface area contributed by atoms with Crippen LogP contribution in [0.15, 0.2) is 70.6 Å². The van der Waals surface area contributed by atoms with Gasteiger partial charge in [0.15, 0.2) is 5.78 Å². The van der Waals surface area contributed by atoms with Gasteiger partial charge in [-0.2, -0.15) is 0 Å². The van der Waals surface area contributed by atoms with Crippen molar-refractivity contribution in [3.63, 3.8) is 0 Å². The molecule has 0 fully saturated rings. The van der Waals surface area contributed by atoms with Crippen molar-refractivity contribution in [2.75, 3.05) is 13.1 Å². The molecule has 1 unspecified atom stereocenters. The summed E-state index contributed by atoms with van der Waals surface area (Å²) in [6.07, 6.45) is 5.45. The fourth-order valence-corrected chi connectivity index (χ4v) is 4.91. The number of hydrogen-bond acceptors (Lipinski definition) is 3. The van der Waals surface area contributed by atoms with Crippen molar-refractivity contribution in [3.8, 4) is 0 Å². The minimum Gasteiger partial charge on any atom is -0.313 e. The lowest BCUT2D eigenvalue weighted by atomic mass is 9.96. The highest BCUT2D eigenvalue weighted by Gasteiger charge is 2.26. The molecule has 3 rings (SSSR count). The van der Waals surface area contributed by atoms with Crippen LogP contribution in [0.5, 0.6) is 0 Å². The van der Waals surface area contributed by atoms with E-state index in [1.54, 1.807) is 11.8 Å². The topological polar surface area (TPSA) is 29.1 Å². The number of fused-ring (bicyclic) bond motifs is 1. The Morgan fingerprint density at radius 1 is 1.00 bits per heavy atom. The van der Waals surface area contributed by atoms with Gasteiger partial charge in [-0.1, -0.05) is 79.1 Å². The van der Waals surface area contributed by atoms with E-state index in [9.17, 15) is 4.79 Å². The van der Waals surface area contributed by atoms with Gasteiger partial charge in [-0.15, -0.1) is 11.8 Å².